The van der Waals surface area contributed by atoms with Crippen LogP contribution in [0.5, 0.6) is 0 Å². The molecular formula is C15H22Br2N2O3. The molecule has 0 aliphatic heterocycles. The lowest BCUT2D eigenvalue weighted by molar-refractivity contribution is 0.0497. The van der Waals surface area contributed by atoms with E-state index in [4.69, 9.17) is 9.15 Å². The Hall–Kier alpha value is -0.530. The number of ether oxygens (including phenoxy) is 1. The molecule has 1 saturated carbocycles. The fourth-order valence-electron chi connectivity index (χ4n) is 2.12. The lowest BCUT2D eigenvalue weighted by atomic mass is 10.2. The molecule has 2 rings (SSSR count). The van der Waals surface area contributed by atoms with Crippen molar-refractivity contribution in [1.82, 2.24) is 10.6 Å². The maximum absolute atomic E-state index is 11.9. The molecule has 1 fully saturated rings. The highest BCUT2D eigenvalue weighted by atomic mass is 79.9. The Morgan fingerprint density at radius 2 is 2.14 bits per heavy atom. The summed E-state index contributed by atoms with van der Waals surface area (Å²) in [5.74, 6) is 1.38. The van der Waals surface area contributed by atoms with Crippen LogP contribution in [-0.2, 0) is 11.3 Å². The summed E-state index contributed by atoms with van der Waals surface area (Å²) in [5.41, 5.74) is -0.474. The van der Waals surface area contributed by atoms with Gasteiger partial charge in [0.25, 0.3) is 0 Å². The van der Waals surface area contributed by atoms with Crippen molar-refractivity contribution in [3.63, 3.8) is 0 Å². The molecule has 2 N–H and O–H groups in total. The second kappa shape index (κ2) is 7.36. The number of amides is 1. The highest BCUT2D eigenvalue weighted by Gasteiger charge is 2.33. The number of nitrogens with one attached hydrogen (secondary N) is 2. The molecule has 1 aliphatic carbocycles. The van der Waals surface area contributed by atoms with Gasteiger partial charge in [0, 0.05) is 12.6 Å². The summed E-state index contributed by atoms with van der Waals surface area (Å²) >= 11 is 6.70. The highest BCUT2D eigenvalue weighted by molar-refractivity contribution is 9.13. The Labute approximate surface area is 147 Å². The minimum Gasteiger partial charge on any atom is -0.452 e. The zero-order valence-corrected chi connectivity index (χ0v) is 16.2. The number of carbonyl (C=O) groups excluding carboxylic acids is 1. The number of hydrogen-bond donors (Lipinski definition) is 2. The van der Waals surface area contributed by atoms with E-state index in [1.807, 2.05) is 26.8 Å². The van der Waals surface area contributed by atoms with E-state index in [0.29, 0.717) is 23.7 Å². The van der Waals surface area contributed by atoms with Crippen LogP contribution in [-0.4, -0.2) is 24.3 Å². The Morgan fingerprint density at radius 3 is 2.64 bits per heavy atom. The van der Waals surface area contributed by atoms with Gasteiger partial charge >= 0.3 is 6.09 Å². The molecular weight excluding hydrogens is 416 g/mol. The maximum atomic E-state index is 11.9. The van der Waals surface area contributed by atoms with Crippen LogP contribution in [0.1, 0.15) is 39.4 Å². The predicted molar refractivity (Wildman–Crippen MR) is 91.7 cm³/mol. The van der Waals surface area contributed by atoms with Crippen LogP contribution in [0.2, 0.25) is 0 Å². The molecule has 7 heteroatoms. The third kappa shape index (κ3) is 5.93. The number of furan rings is 1. The van der Waals surface area contributed by atoms with Crippen molar-refractivity contribution in [2.45, 2.75) is 51.8 Å². The molecule has 124 valence electrons. The number of alkyl carbamates (subject to hydrolysis) is 1. The van der Waals surface area contributed by atoms with E-state index in [0.717, 1.165) is 23.1 Å². The second-order valence-electron chi connectivity index (χ2n) is 6.56. The standard InChI is InChI=1S/C15H22Br2N2O3/c1-15(2,3)22-14(20)19-12(9-4-5-9)8-18-7-10-6-11(16)13(17)21-10/h6,9,12,18H,4-5,7-8H2,1-3H3,(H,19,20). The van der Waals surface area contributed by atoms with E-state index in [-0.39, 0.29) is 12.1 Å². The van der Waals surface area contributed by atoms with E-state index in [9.17, 15) is 4.79 Å². The van der Waals surface area contributed by atoms with Crippen LogP contribution >= 0.6 is 31.9 Å². The number of carbonyl (C=O) groups is 1. The summed E-state index contributed by atoms with van der Waals surface area (Å²) in [6.07, 6.45) is 1.95. The van der Waals surface area contributed by atoms with Crippen LogP contribution in [0.4, 0.5) is 4.79 Å². The quantitative estimate of drug-likeness (QED) is 0.699. The molecule has 0 bridgehead atoms. The molecule has 1 unspecified atom stereocenters. The van der Waals surface area contributed by atoms with Crippen molar-refractivity contribution in [1.29, 1.82) is 0 Å². The number of hydrogen-bond acceptors (Lipinski definition) is 4. The molecule has 1 aromatic heterocycles. The van der Waals surface area contributed by atoms with Gasteiger partial charge in [0.1, 0.15) is 11.4 Å². The molecule has 0 saturated heterocycles. The Balaban J connectivity index is 1.78. The van der Waals surface area contributed by atoms with Crippen molar-refractivity contribution >= 4 is 38.0 Å². The van der Waals surface area contributed by atoms with E-state index >= 15 is 0 Å². The first-order valence-corrected chi connectivity index (χ1v) is 8.97. The van der Waals surface area contributed by atoms with Crippen molar-refractivity contribution in [3.8, 4) is 0 Å². The van der Waals surface area contributed by atoms with Crippen molar-refractivity contribution in [2.24, 2.45) is 5.92 Å². The fourth-order valence-corrected chi connectivity index (χ4v) is 2.78. The van der Waals surface area contributed by atoms with Crippen molar-refractivity contribution in [3.05, 3.63) is 21.0 Å². The average Bonchev–Trinajstić information content (AvgIpc) is 3.14. The van der Waals surface area contributed by atoms with Gasteiger partial charge in [-0.2, -0.15) is 0 Å². The van der Waals surface area contributed by atoms with Gasteiger partial charge in [0.2, 0.25) is 0 Å². The van der Waals surface area contributed by atoms with Gasteiger partial charge < -0.3 is 19.8 Å². The summed E-state index contributed by atoms with van der Waals surface area (Å²) in [5, 5.41) is 6.29. The molecule has 1 amide bonds. The summed E-state index contributed by atoms with van der Waals surface area (Å²) in [4.78, 5) is 11.9. The summed E-state index contributed by atoms with van der Waals surface area (Å²) in [6, 6.07) is 2.02. The lowest BCUT2D eigenvalue weighted by Gasteiger charge is -2.23. The third-order valence-electron chi connectivity index (χ3n) is 3.25. The first-order valence-electron chi connectivity index (χ1n) is 7.38. The summed E-state index contributed by atoms with van der Waals surface area (Å²) < 4.78 is 12.4. The summed E-state index contributed by atoms with van der Waals surface area (Å²) in [6.45, 7) is 6.90. The molecule has 5 nitrogen and oxygen atoms in total. The molecule has 0 spiro atoms. The monoisotopic (exact) mass is 436 g/mol. The topological polar surface area (TPSA) is 63.5 Å². The smallest absolute Gasteiger partial charge is 0.407 e. The van der Waals surface area contributed by atoms with E-state index in [2.05, 4.69) is 42.5 Å². The van der Waals surface area contributed by atoms with Crippen LogP contribution in [0.15, 0.2) is 19.6 Å². The minimum absolute atomic E-state index is 0.0942. The van der Waals surface area contributed by atoms with E-state index in [1.54, 1.807) is 0 Å². The van der Waals surface area contributed by atoms with E-state index in [1.165, 1.54) is 0 Å². The second-order valence-corrected chi connectivity index (χ2v) is 8.13. The first kappa shape index (κ1) is 17.8. The lowest BCUT2D eigenvalue weighted by Crippen LogP contribution is -2.45. The zero-order chi connectivity index (χ0) is 16.3. The van der Waals surface area contributed by atoms with Gasteiger partial charge in [-0.15, -0.1) is 0 Å². The number of halogens is 2. The van der Waals surface area contributed by atoms with Crippen molar-refractivity contribution < 1.29 is 13.9 Å². The summed E-state index contributed by atoms with van der Waals surface area (Å²) in [7, 11) is 0. The first-order chi connectivity index (χ1) is 10.2. The molecule has 1 atom stereocenters. The highest BCUT2D eigenvalue weighted by Crippen LogP contribution is 2.32. The number of rotatable bonds is 6. The maximum Gasteiger partial charge on any atom is 0.407 e. The Kier molecular flexibility index (Phi) is 5.96. The molecule has 22 heavy (non-hydrogen) atoms. The van der Waals surface area contributed by atoms with Gasteiger partial charge in [-0.05, 0) is 77.5 Å². The molecule has 0 radical (unpaired) electrons. The third-order valence-corrected chi connectivity index (χ3v) is 4.96. The SMILES string of the molecule is CC(C)(C)OC(=O)NC(CNCc1cc(Br)c(Br)o1)C1CC1. The van der Waals surface area contributed by atoms with E-state index < -0.39 is 5.60 Å². The average molecular weight is 438 g/mol. The Bertz CT molecular complexity index is 502. The minimum atomic E-state index is -0.474. The molecule has 1 aliphatic rings. The van der Waals surface area contributed by atoms with Gasteiger partial charge in [-0.25, -0.2) is 4.79 Å². The Morgan fingerprint density at radius 1 is 1.45 bits per heavy atom. The molecule has 1 heterocycles. The van der Waals surface area contributed by atoms with Crippen LogP contribution in [0, 0.1) is 5.92 Å². The molecule has 1 aromatic rings. The van der Waals surface area contributed by atoms with Crippen LogP contribution < -0.4 is 10.6 Å². The van der Waals surface area contributed by atoms with Gasteiger partial charge in [-0.3, -0.25) is 0 Å². The van der Waals surface area contributed by atoms with Crippen LogP contribution in [0.3, 0.4) is 0 Å². The normalized spacial score (nSPS) is 16.4. The van der Waals surface area contributed by atoms with Gasteiger partial charge in [-0.1, -0.05) is 0 Å². The zero-order valence-electron chi connectivity index (χ0n) is 13.0. The van der Waals surface area contributed by atoms with Crippen molar-refractivity contribution in [2.75, 3.05) is 6.54 Å². The van der Waals surface area contributed by atoms with Crippen LogP contribution in [0.25, 0.3) is 0 Å². The molecule has 0 aromatic carbocycles. The fraction of sp³-hybridized carbons (Fsp3) is 0.667. The van der Waals surface area contributed by atoms with Gasteiger partial charge in [0.05, 0.1) is 11.0 Å². The van der Waals surface area contributed by atoms with Gasteiger partial charge in [0.15, 0.2) is 4.67 Å². The largest absolute Gasteiger partial charge is 0.452 e. The predicted octanol–water partition coefficient (Wildman–Crippen LogP) is 4.20.